The second-order valence-electron chi connectivity index (χ2n) is 15.2. The Labute approximate surface area is 363 Å². The maximum Gasteiger partial charge on any atom is 0.418 e. The Morgan fingerprint density at radius 1 is 0.438 bits per heavy atom. The van der Waals surface area contributed by atoms with Crippen molar-refractivity contribution in [1.82, 2.24) is 9.13 Å². The van der Waals surface area contributed by atoms with Crippen LogP contribution in [-0.4, -0.2) is 9.13 Å². The monoisotopic (exact) mass is 829 g/mol. The minimum Gasteiger partial charge on any atom is -0.309 e. The molecule has 2 heterocycles. The number of aromatic nitrogens is 2. The first-order valence-electron chi connectivity index (χ1n) is 19.8. The molecule has 10 rings (SSSR count). The van der Waals surface area contributed by atoms with Crippen LogP contribution in [0.5, 0.6) is 0 Å². The Morgan fingerprint density at radius 3 is 1.55 bits per heavy atom. The van der Waals surface area contributed by atoms with Gasteiger partial charge in [0.25, 0.3) is 0 Å². The molecule has 8 aromatic carbocycles. The number of para-hydroxylation sites is 2. The average molecular weight is 830 g/mol. The molecular weight excluding hydrogens is 804 g/mol. The highest BCUT2D eigenvalue weighted by atomic mass is 19.4. The summed E-state index contributed by atoms with van der Waals surface area (Å²) < 4.78 is 51.7. The van der Waals surface area contributed by atoms with Crippen molar-refractivity contribution >= 4 is 49.3 Å². The van der Waals surface area contributed by atoms with Gasteiger partial charge in [-0.1, -0.05) is 91.0 Å². The predicted octanol–water partition coefficient (Wildman–Crippen LogP) is 13.9. The Kier molecular flexibility index (Phi) is 9.06. The van der Waals surface area contributed by atoms with Crippen LogP contribution in [0.25, 0.3) is 93.2 Å². The average Bonchev–Trinajstić information content (AvgIpc) is 3.84. The van der Waals surface area contributed by atoms with Crippen molar-refractivity contribution in [3.05, 3.63) is 197 Å². The fourth-order valence-corrected chi connectivity index (χ4v) is 8.86. The van der Waals surface area contributed by atoms with Crippen molar-refractivity contribution in [2.24, 2.45) is 0 Å². The largest absolute Gasteiger partial charge is 0.418 e. The van der Waals surface area contributed by atoms with Gasteiger partial charge in [0.1, 0.15) is 0 Å². The molecule has 0 saturated heterocycles. The maximum atomic E-state index is 16.1. The summed E-state index contributed by atoms with van der Waals surface area (Å²) >= 11 is 0. The summed E-state index contributed by atoms with van der Waals surface area (Å²) in [4.78, 5) is 3.47. The van der Waals surface area contributed by atoms with E-state index in [0.717, 1.165) is 10.8 Å². The van der Waals surface area contributed by atoms with Crippen molar-refractivity contribution in [3.63, 3.8) is 0 Å². The molecule has 10 heteroatoms. The van der Waals surface area contributed by atoms with Crippen LogP contribution >= 0.6 is 0 Å². The molecule has 0 radical (unpaired) electrons. The highest BCUT2D eigenvalue weighted by molar-refractivity contribution is 6.12. The molecular formula is C54H26F3N7. The smallest absolute Gasteiger partial charge is 0.309 e. The van der Waals surface area contributed by atoms with E-state index in [1.165, 1.54) is 24.3 Å². The third-order valence-electron chi connectivity index (χ3n) is 11.7. The lowest BCUT2D eigenvalue weighted by Gasteiger charge is -2.22. The van der Waals surface area contributed by atoms with Crippen molar-refractivity contribution in [1.29, 1.82) is 21.0 Å². The Balaban J connectivity index is 1.33. The van der Waals surface area contributed by atoms with Gasteiger partial charge in [-0.25, -0.2) is 4.85 Å². The summed E-state index contributed by atoms with van der Waals surface area (Å²) in [5.41, 5.74) is 5.99. The van der Waals surface area contributed by atoms with Gasteiger partial charge < -0.3 is 9.13 Å². The summed E-state index contributed by atoms with van der Waals surface area (Å²) in [6.45, 7) is 7.47. The molecule has 10 aromatic rings. The summed E-state index contributed by atoms with van der Waals surface area (Å²) in [7, 11) is 0. The van der Waals surface area contributed by atoms with Crippen LogP contribution in [0.3, 0.4) is 0 Å². The molecule has 0 saturated carbocycles. The second kappa shape index (κ2) is 14.9. The molecule has 0 aliphatic rings. The standard InChI is InChI=1S/C54H26F3N7/c1-62-39-16-20-41(38(23-39)31-61)36-15-18-44-42-9-2-4-11-48(42)63(50(44)24-36)52-27-47(54(55,56)57)53(26-46(52)34-8-6-7-32(21-34)28-58)64-49-12-5-3-10-43(49)45-19-14-35(25-51(45)64)40-17-13-33(29-59)22-37(40)30-60/h2-27H. The van der Waals surface area contributed by atoms with Crippen LogP contribution in [0, 0.1) is 51.9 Å². The van der Waals surface area contributed by atoms with Gasteiger partial charge in [-0.15, -0.1) is 0 Å². The number of fused-ring (bicyclic) bond motifs is 6. The molecule has 0 aliphatic carbocycles. The minimum absolute atomic E-state index is 0.155. The van der Waals surface area contributed by atoms with Crippen LogP contribution in [0.2, 0.25) is 0 Å². The number of nitriles is 4. The van der Waals surface area contributed by atoms with Crippen LogP contribution in [0.15, 0.2) is 158 Å². The molecule has 7 nitrogen and oxygen atoms in total. The molecule has 0 atom stereocenters. The SMILES string of the molecule is [C-]#[N+]c1ccc(-c2ccc3c4ccccc4n(-c4cc(C(F)(F)F)c(-n5c6ccccc6c6ccc(-c7ccc(C#N)cc7C#N)cc65)cc4-c4cccc(C#N)c4)c3c2)c(C#N)c1. The first-order valence-corrected chi connectivity index (χ1v) is 19.8. The predicted molar refractivity (Wildman–Crippen MR) is 242 cm³/mol. The zero-order valence-electron chi connectivity index (χ0n) is 33.3. The van der Waals surface area contributed by atoms with Crippen molar-refractivity contribution in [2.75, 3.05) is 0 Å². The molecule has 0 aliphatic heterocycles. The van der Waals surface area contributed by atoms with E-state index in [1.807, 2.05) is 66.7 Å². The minimum atomic E-state index is -4.89. The molecule has 0 spiro atoms. The maximum absolute atomic E-state index is 16.1. The lowest BCUT2D eigenvalue weighted by molar-refractivity contribution is -0.137. The van der Waals surface area contributed by atoms with Gasteiger partial charge in [0.2, 0.25) is 0 Å². The third kappa shape index (κ3) is 6.17. The van der Waals surface area contributed by atoms with Crippen molar-refractivity contribution in [2.45, 2.75) is 6.18 Å². The summed E-state index contributed by atoms with van der Waals surface area (Å²) in [6, 6.07) is 53.4. The molecule has 0 fully saturated rings. The van der Waals surface area contributed by atoms with E-state index in [4.69, 9.17) is 6.57 Å². The van der Waals surface area contributed by atoms with E-state index < -0.39 is 11.7 Å². The van der Waals surface area contributed by atoms with E-state index in [-0.39, 0.29) is 22.5 Å². The molecule has 64 heavy (non-hydrogen) atoms. The first kappa shape index (κ1) is 38.8. The normalized spacial score (nSPS) is 11.3. The van der Waals surface area contributed by atoms with Crippen LogP contribution in [0.1, 0.15) is 27.8 Å². The van der Waals surface area contributed by atoms with E-state index in [9.17, 15) is 21.0 Å². The molecule has 298 valence electrons. The number of hydrogen-bond acceptors (Lipinski definition) is 4. The Morgan fingerprint density at radius 2 is 0.969 bits per heavy atom. The quantitative estimate of drug-likeness (QED) is 0.161. The van der Waals surface area contributed by atoms with Crippen LogP contribution in [0.4, 0.5) is 18.9 Å². The van der Waals surface area contributed by atoms with Gasteiger partial charge in [0.05, 0.1) is 86.5 Å². The zero-order chi connectivity index (χ0) is 44.3. The summed E-state index contributed by atoms with van der Waals surface area (Å²) in [5, 5.41) is 42.7. The van der Waals surface area contributed by atoms with E-state index in [2.05, 4.69) is 29.1 Å². The first-order chi connectivity index (χ1) is 31.1. The van der Waals surface area contributed by atoms with E-state index in [0.29, 0.717) is 83.0 Å². The number of rotatable bonds is 5. The van der Waals surface area contributed by atoms with Crippen LogP contribution < -0.4 is 0 Å². The molecule has 0 bridgehead atoms. The highest BCUT2D eigenvalue weighted by Crippen LogP contribution is 2.46. The van der Waals surface area contributed by atoms with E-state index in [1.54, 1.807) is 75.9 Å². The number of halogens is 3. The molecule has 0 amide bonds. The number of nitrogens with zero attached hydrogens (tertiary/aromatic N) is 7. The highest BCUT2D eigenvalue weighted by Gasteiger charge is 2.37. The summed E-state index contributed by atoms with van der Waals surface area (Å²) in [6.07, 6.45) is -4.89. The van der Waals surface area contributed by atoms with Crippen molar-refractivity contribution < 1.29 is 13.2 Å². The van der Waals surface area contributed by atoms with Gasteiger partial charge in [-0.2, -0.15) is 34.2 Å². The zero-order valence-corrected chi connectivity index (χ0v) is 33.3. The number of hydrogen-bond donors (Lipinski definition) is 0. The third-order valence-corrected chi connectivity index (χ3v) is 11.7. The van der Waals surface area contributed by atoms with Crippen LogP contribution in [-0.2, 0) is 6.18 Å². The van der Waals surface area contributed by atoms with Crippen molar-refractivity contribution in [3.8, 4) is 69.0 Å². The fraction of sp³-hybridized carbons (Fsp3) is 0.0185. The Hall–Kier alpha value is -9.40. The van der Waals surface area contributed by atoms with Gasteiger partial charge in [-0.3, -0.25) is 0 Å². The summed E-state index contributed by atoms with van der Waals surface area (Å²) in [5.74, 6) is 0. The molecule has 0 N–H and O–H groups in total. The number of alkyl halides is 3. The van der Waals surface area contributed by atoms with Gasteiger partial charge in [-0.05, 0) is 94.5 Å². The fourth-order valence-electron chi connectivity index (χ4n) is 8.86. The van der Waals surface area contributed by atoms with E-state index >= 15 is 13.2 Å². The Bertz CT molecular complexity index is 3850. The lowest BCUT2D eigenvalue weighted by atomic mass is 9.96. The second-order valence-corrected chi connectivity index (χ2v) is 15.2. The molecule has 0 unspecified atom stereocenters. The lowest BCUT2D eigenvalue weighted by Crippen LogP contribution is -2.13. The van der Waals surface area contributed by atoms with Gasteiger partial charge >= 0.3 is 6.18 Å². The molecule has 2 aromatic heterocycles. The van der Waals surface area contributed by atoms with Gasteiger partial charge in [0.15, 0.2) is 5.69 Å². The number of benzene rings is 8. The topological polar surface area (TPSA) is 109 Å². The van der Waals surface area contributed by atoms with Gasteiger partial charge in [0, 0.05) is 32.7 Å².